The van der Waals surface area contributed by atoms with E-state index in [9.17, 15) is 5.26 Å². The van der Waals surface area contributed by atoms with Gasteiger partial charge in [0.25, 0.3) is 0 Å². The minimum atomic E-state index is 0.503. The van der Waals surface area contributed by atoms with Crippen LogP contribution in [0.5, 0.6) is 0 Å². The average molecular weight is 749 g/mol. The van der Waals surface area contributed by atoms with Gasteiger partial charge >= 0.3 is 0 Å². The van der Waals surface area contributed by atoms with Gasteiger partial charge in [0.1, 0.15) is 11.2 Å². The van der Waals surface area contributed by atoms with Crippen LogP contribution in [0.1, 0.15) is 116 Å². The molecule has 0 amide bonds. The molecule has 3 heteroatoms. The van der Waals surface area contributed by atoms with E-state index in [0.717, 1.165) is 40.4 Å². The predicted molar refractivity (Wildman–Crippen MR) is 235 cm³/mol. The molecule has 3 aromatic heterocycles. The SMILES string of the molecule is N#Cc1cc2c(c3c1C1CC4CC(C1)CC3C4)c1cc(-c3ccc4c(oc5ccccc54)c3-c3ccccc3)cc3c4c5c(ccc4n2c31)C1CC2CC(C1)CC5C2. The Kier molecular flexibility index (Phi) is 5.91. The number of nitrogens with zero attached hydrogens (tertiary/aromatic N) is 2. The Morgan fingerprint density at radius 1 is 0.517 bits per heavy atom. The van der Waals surface area contributed by atoms with Crippen LogP contribution >= 0.6 is 0 Å². The smallest absolute Gasteiger partial charge is 0.143 e. The summed E-state index contributed by atoms with van der Waals surface area (Å²) in [7, 11) is 0. The van der Waals surface area contributed by atoms with Crippen molar-refractivity contribution in [3.8, 4) is 28.3 Å². The molecule has 280 valence electrons. The monoisotopic (exact) mass is 748 g/mol. The molecule has 8 bridgehead atoms. The summed E-state index contributed by atoms with van der Waals surface area (Å²) in [6.45, 7) is 0. The third kappa shape index (κ3) is 3.91. The lowest BCUT2D eigenvalue weighted by Crippen LogP contribution is -2.25. The molecule has 0 aliphatic heterocycles. The summed E-state index contributed by atoms with van der Waals surface area (Å²) >= 11 is 0. The number of para-hydroxylation sites is 1. The zero-order valence-electron chi connectivity index (χ0n) is 32.7. The highest BCUT2D eigenvalue weighted by atomic mass is 16.3. The quantitative estimate of drug-likeness (QED) is 0.177. The first kappa shape index (κ1) is 31.4. The molecule has 3 heterocycles. The number of hydrogen-bond donors (Lipinski definition) is 0. The molecular weight excluding hydrogens is 705 g/mol. The van der Waals surface area contributed by atoms with E-state index in [1.54, 1.807) is 16.7 Å². The summed E-state index contributed by atoms with van der Waals surface area (Å²) < 4.78 is 9.50. The highest BCUT2D eigenvalue weighted by molar-refractivity contribution is 6.27. The maximum Gasteiger partial charge on any atom is 0.143 e. The van der Waals surface area contributed by atoms with E-state index in [1.165, 1.54) is 141 Å². The highest BCUT2D eigenvalue weighted by Gasteiger charge is 2.46. The molecule has 0 N–H and O–H groups in total. The third-order valence-corrected chi connectivity index (χ3v) is 17.0. The first-order valence-corrected chi connectivity index (χ1v) is 22.4. The second-order valence-electron chi connectivity index (χ2n) is 19.9. The number of benzene rings is 6. The molecule has 4 unspecified atom stereocenters. The molecule has 9 aromatic rings. The zero-order valence-corrected chi connectivity index (χ0v) is 32.7. The summed E-state index contributed by atoms with van der Waals surface area (Å²) in [6, 6.07) is 39.5. The first-order chi connectivity index (χ1) is 28.6. The molecule has 4 atom stereocenters. The zero-order chi connectivity index (χ0) is 37.5. The lowest BCUT2D eigenvalue weighted by atomic mass is 9.67. The topological polar surface area (TPSA) is 41.3 Å². The van der Waals surface area contributed by atoms with Crippen molar-refractivity contribution in [1.29, 1.82) is 5.26 Å². The van der Waals surface area contributed by atoms with Crippen LogP contribution in [0.15, 0.2) is 101 Å². The Morgan fingerprint density at radius 2 is 1.16 bits per heavy atom. The molecular formula is C55H44N2O. The van der Waals surface area contributed by atoms with Gasteiger partial charge in [-0.25, -0.2) is 0 Å². The van der Waals surface area contributed by atoms with Crippen LogP contribution in [-0.2, 0) is 0 Å². The average Bonchev–Trinajstić information content (AvgIpc) is 3.82. The molecule has 58 heavy (non-hydrogen) atoms. The first-order valence-electron chi connectivity index (χ1n) is 22.4. The normalized spacial score (nSPS) is 28.0. The third-order valence-electron chi connectivity index (χ3n) is 17.0. The lowest BCUT2D eigenvalue weighted by molar-refractivity contribution is 0.166. The van der Waals surface area contributed by atoms with Crippen molar-refractivity contribution in [2.24, 2.45) is 23.7 Å². The molecule has 17 rings (SSSR count). The van der Waals surface area contributed by atoms with E-state index >= 15 is 0 Å². The Morgan fingerprint density at radius 3 is 1.88 bits per heavy atom. The molecule has 0 radical (unpaired) electrons. The van der Waals surface area contributed by atoms with Gasteiger partial charge in [-0.1, -0.05) is 60.7 Å². The summed E-state index contributed by atoms with van der Waals surface area (Å²) in [6.07, 6.45) is 13.3. The van der Waals surface area contributed by atoms with Gasteiger partial charge in [0.2, 0.25) is 0 Å². The standard InChI is InChI=1S/C55H44N2O/c56-27-38-26-46-53(51-37-22-30-15-31(23-37)19-35(18-30)48(38)51)44-25-34(40-10-11-42-41-8-4-5-9-47(41)58-55(42)50(40)32-6-2-1-3-7-32)24-43-52-45(57(46)54(43)44)13-12-39-33-16-28-14-29(17-33)21-36(20-28)49(39)52/h1-13,24-26,28-31,33,35-37H,14-23H2. The molecule has 4 saturated carbocycles. The molecule has 0 saturated heterocycles. The summed E-state index contributed by atoms with van der Waals surface area (Å²) in [5.74, 6) is 5.63. The van der Waals surface area contributed by atoms with Gasteiger partial charge in [0, 0.05) is 37.9 Å². The van der Waals surface area contributed by atoms with E-state index in [1.807, 2.05) is 0 Å². The van der Waals surface area contributed by atoms with Crippen molar-refractivity contribution in [3.05, 3.63) is 125 Å². The van der Waals surface area contributed by atoms with Gasteiger partial charge in [0.05, 0.1) is 28.2 Å². The van der Waals surface area contributed by atoms with Crippen molar-refractivity contribution in [2.45, 2.75) is 87.9 Å². The number of nitriles is 1. The summed E-state index contributed by atoms with van der Waals surface area (Å²) in [4.78, 5) is 0. The summed E-state index contributed by atoms with van der Waals surface area (Å²) in [5, 5.41) is 19.1. The Bertz CT molecular complexity index is 3290. The molecule has 4 fully saturated rings. The Labute approximate surface area is 337 Å². The van der Waals surface area contributed by atoms with Gasteiger partial charge in [0.15, 0.2) is 0 Å². The number of fused-ring (bicyclic) bond motifs is 9. The van der Waals surface area contributed by atoms with E-state index in [4.69, 9.17) is 4.42 Å². The Balaban J connectivity index is 1.12. The molecule has 8 aliphatic rings. The van der Waals surface area contributed by atoms with Gasteiger partial charge in [-0.05, 0) is 187 Å². The van der Waals surface area contributed by atoms with E-state index in [0.29, 0.717) is 23.7 Å². The number of aromatic nitrogens is 1. The molecule has 0 spiro atoms. The second-order valence-corrected chi connectivity index (χ2v) is 19.9. The predicted octanol–water partition coefficient (Wildman–Crippen LogP) is 14.7. The van der Waals surface area contributed by atoms with Crippen LogP contribution in [0.25, 0.3) is 82.3 Å². The van der Waals surface area contributed by atoms with Crippen molar-refractivity contribution in [3.63, 3.8) is 0 Å². The van der Waals surface area contributed by atoms with Crippen LogP contribution in [0.3, 0.4) is 0 Å². The van der Waals surface area contributed by atoms with Crippen molar-refractivity contribution < 1.29 is 4.42 Å². The maximum atomic E-state index is 11.0. The van der Waals surface area contributed by atoms with Crippen LogP contribution in [-0.4, -0.2) is 4.40 Å². The second kappa shape index (κ2) is 10.9. The van der Waals surface area contributed by atoms with Gasteiger partial charge in [-0.2, -0.15) is 5.26 Å². The van der Waals surface area contributed by atoms with Gasteiger partial charge < -0.3 is 8.82 Å². The van der Waals surface area contributed by atoms with Gasteiger partial charge in [-0.3, -0.25) is 0 Å². The van der Waals surface area contributed by atoms with Crippen LogP contribution in [0, 0.1) is 35.0 Å². The van der Waals surface area contributed by atoms with Crippen LogP contribution in [0.4, 0.5) is 0 Å². The minimum Gasteiger partial charge on any atom is -0.455 e. The maximum absolute atomic E-state index is 11.0. The van der Waals surface area contributed by atoms with E-state index in [2.05, 4.69) is 108 Å². The fraction of sp³-hybridized carbons (Fsp3) is 0.327. The van der Waals surface area contributed by atoms with Crippen LogP contribution < -0.4 is 0 Å². The van der Waals surface area contributed by atoms with Crippen LogP contribution in [0.2, 0.25) is 0 Å². The lowest BCUT2D eigenvalue weighted by Gasteiger charge is -2.38. The summed E-state index contributed by atoms with van der Waals surface area (Å²) in [5.41, 5.74) is 18.0. The number of rotatable bonds is 2. The fourth-order valence-electron chi connectivity index (χ4n) is 15.4. The fourth-order valence-corrected chi connectivity index (χ4v) is 15.4. The van der Waals surface area contributed by atoms with Crippen molar-refractivity contribution in [1.82, 2.24) is 4.40 Å². The molecule has 6 aromatic carbocycles. The van der Waals surface area contributed by atoms with Gasteiger partial charge in [-0.15, -0.1) is 0 Å². The van der Waals surface area contributed by atoms with Crippen molar-refractivity contribution >= 4 is 60.0 Å². The van der Waals surface area contributed by atoms with Crippen molar-refractivity contribution in [2.75, 3.05) is 0 Å². The van der Waals surface area contributed by atoms with E-state index in [-0.39, 0.29) is 0 Å². The Hall–Kier alpha value is -5.59. The van der Waals surface area contributed by atoms with E-state index < -0.39 is 0 Å². The minimum absolute atomic E-state index is 0.503. The largest absolute Gasteiger partial charge is 0.455 e. The number of furan rings is 1. The highest BCUT2D eigenvalue weighted by Crippen LogP contribution is 2.62. The molecule has 3 nitrogen and oxygen atoms in total. The molecule has 8 aliphatic carbocycles. The number of hydrogen-bond acceptors (Lipinski definition) is 2.